The number of nitrogens with zero attached hydrogens (tertiary/aromatic N) is 2. The number of hydrogen-bond acceptors (Lipinski definition) is 4. The van der Waals surface area contributed by atoms with E-state index in [1.807, 2.05) is 4.90 Å². The minimum atomic E-state index is 0.104. The molecule has 4 rings (SSSR count). The van der Waals surface area contributed by atoms with Gasteiger partial charge in [-0.25, -0.2) is 4.98 Å². The maximum Gasteiger partial charge on any atom is 0.266 e. The lowest BCUT2D eigenvalue weighted by Crippen LogP contribution is -2.35. The van der Waals surface area contributed by atoms with E-state index in [0.29, 0.717) is 10.6 Å². The summed E-state index contributed by atoms with van der Waals surface area (Å²) in [6.45, 7) is 3.81. The van der Waals surface area contributed by atoms with Gasteiger partial charge in [0.1, 0.15) is 9.71 Å². The third-order valence-electron chi connectivity index (χ3n) is 5.24. The predicted molar refractivity (Wildman–Crippen MR) is 95.2 cm³/mol. The largest absolute Gasteiger partial charge is 0.397 e. The molecule has 2 N–H and O–H groups in total. The normalized spacial score (nSPS) is 18.2. The first kappa shape index (κ1) is 14.9. The number of aryl methyl sites for hydroxylation is 2. The number of nitrogen functional groups attached to an aromatic ring is 1. The maximum absolute atomic E-state index is 12.9. The zero-order valence-electron chi connectivity index (χ0n) is 13.7. The number of carbonyl (C=O) groups excluding carboxylic acids is 1. The Bertz CT molecular complexity index is 774. The van der Waals surface area contributed by atoms with Crippen molar-refractivity contribution < 1.29 is 4.79 Å². The highest BCUT2D eigenvalue weighted by molar-refractivity contribution is 7.21. The second kappa shape index (κ2) is 5.78. The quantitative estimate of drug-likeness (QED) is 0.868. The van der Waals surface area contributed by atoms with Gasteiger partial charge in [-0.15, -0.1) is 11.3 Å². The molecule has 0 unspecified atom stereocenters. The van der Waals surface area contributed by atoms with Gasteiger partial charge in [0.15, 0.2) is 0 Å². The molecule has 2 aromatic heterocycles. The lowest BCUT2D eigenvalue weighted by molar-refractivity contribution is 0.0730. The van der Waals surface area contributed by atoms with Gasteiger partial charge in [-0.1, -0.05) is 0 Å². The summed E-state index contributed by atoms with van der Waals surface area (Å²) in [5.74, 6) is 0.104. The topological polar surface area (TPSA) is 59.2 Å². The molecule has 2 aliphatic rings. The van der Waals surface area contributed by atoms with E-state index in [1.165, 1.54) is 41.7 Å². The van der Waals surface area contributed by atoms with E-state index in [9.17, 15) is 4.79 Å². The second-order valence-corrected chi connectivity index (χ2v) is 7.74. The molecule has 2 aromatic rings. The van der Waals surface area contributed by atoms with Crippen molar-refractivity contribution in [3.05, 3.63) is 21.7 Å². The number of carbonyl (C=O) groups is 1. The van der Waals surface area contributed by atoms with Crippen molar-refractivity contribution >= 4 is 33.1 Å². The zero-order chi connectivity index (χ0) is 16.0. The molecule has 0 atom stereocenters. The fraction of sp³-hybridized carbons (Fsp3) is 0.556. The zero-order valence-corrected chi connectivity index (χ0v) is 14.5. The molecule has 23 heavy (non-hydrogen) atoms. The third-order valence-corrected chi connectivity index (χ3v) is 6.33. The smallest absolute Gasteiger partial charge is 0.266 e. The van der Waals surface area contributed by atoms with Gasteiger partial charge in [0.25, 0.3) is 5.91 Å². The number of nitrogens with two attached hydrogens (primary N) is 1. The fourth-order valence-corrected chi connectivity index (χ4v) is 5.14. The SMILES string of the molecule is Cc1nc2sc(C(=O)N3CCCCC3)c(N)c2c2c1CCCC2. The summed E-state index contributed by atoms with van der Waals surface area (Å²) in [6.07, 6.45) is 8.01. The molecule has 0 bridgehead atoms. The number of amides is 1. The van der Waals surface area contributed by atoms with Crippen molar-refractivity contribution in [2.24, 2.45) is 0 Å². The number of likely N-dealkylation sites (tertiary alicyclic amines) is 1. The van der Waals surface area contributed by atoms with Gasteiger partial charge in [0.05, 0.1) is 5.69 Å². The molecular formula is C18H23N3OS. The monoisotopic (exact) mass is 329 g/mol. The molecule has 0 radical (unpaired) electrons. The molecule has 0 spiro atoms. The van der Waals surface area contributed by atoms with Gasteiger partial charge in [0, 0.05) is 24.2 Å². The van der Waals surface area contributed by atoms with Crippen LogP contribution in [0.1, 0.15) is 58.6 Å². The summed E-state index contributed by atoms with van der Waals surface area (Å²) in [6, 6.07) is 0. The molecule has 0 saturated carbocycles. The molecular weight excluding hydrogens is 306 g/mol. The minimum Gasteiger partial charge on any atom is -0.397 e. The Morgan fingerprint density at radius 2 is 1.78 bits per heavy atom. The molecule has 1 saturated heterocycles. The summed E-state index contributed by atoms with van der Waals surface area (Å²) in [5, 5.41) is 1.07. The van der Waals surface area contributed by atoms with Crippen molar-refractivity contribution in [1.82, 2.24) is 9.88 Å². The maximum atomic E-state index is 12.9. The average Bonchev–Trinajstić information content (AvgIpc) is 2.92. The Labute approximate surface area is 140 Å². The van der Waals surface area contributed by atoms with Crippen molar-refractivity contribution in [2.45, 2.75) is 51.9 Å². The fourth-order valence-electron chi connectivity index (χ4n) is 4.00. The van der Waals surface area contributed by atoms with Crippen LogP contribution in [0.25, 0.3) is 10.2 Å². The van der Waals surface area contributed by atoms with E-state index >= 15 is 0 Å². The first-order chi connectivity index (χ1) is 11.2. The van der Waals surface area contributed by atoms with Crippen molar-refractivity contribution in [1.29, 1.82) is 0 Å². The van der Waals surface area contributed by atoms with E-state index < -0.39 is 0 Å². The van der Waals surface area contributed by atoms with Crippen LogP contribution in [0.4, 0.5) is 5.69 Å². The van der Waals surface area contributed by atoms with Crippen LogP contribution in [0, 0.1) is 6.92 Å². The van der Waals surface area contributed by atoms with Gasteiger partial charge in [-0.05, 0) is 63.0 Å². The molecule has 1 amide bonds. The van der Waals surface area contributed by atoms with Crippen molar-refractivity contribution in [2.75, 3.05) is 18.8 Å². The van der Waals surface area contributed by atoms with Crippen molar-refractivity contribution in [3.63, 3.8) is 0 Å². The number of aromatic nitrogens is 1. The summed E-state index contributed by atoms with van der Waals surface area (Å²) >= 11 is 1.49. The van der Waals surface area contributed by atoms with Gasteiger partial charge in [-0.2, -0.15) is 0 Å². The van der Waals surface area contributed by atoms with Gasteiger partial charge < -0.3 is 10.6 Å². The summed E-state index contributed by atoms with van der Waals surface area (Å²) in [7, 11) is 0. The molecule has 4 nitrogen and oxygen atoms in total. The molecule has 0 aromatic carbocycles. The van der Waals surface area contributed by atoms with Crippen LogP contribution >= 0.6 is 11.3 Å². The van der Waals surface area contributed by atoms with E-state index in [0.717, 1.165) is 54.7 Å². The molecule has 1 aliphatic heterocycles. The van der Waals surface area contributed by atoms with Gasteiger partial charge in [0.2, 0.25) is 0 Å². The van der Waals surface area contributed by atoms with Crippen LogP contribution < -0.4 is 5.73 Å². The number of hydrogen-bond donors (Lipinski definition) is 1. The van der Waals surface area contributed by atoms with Crippen LogP contribution in [0.5, 0.6) is 0 Å². The van der Waals surface area contributed by atoms with Crippen molar-refractivity contribution in [3.8, 4) is 0 Å². The number of anilines is 1. The Balaban J connectivity index is 1.83. The predicted octanol–water partition coefficient (Wildman–Crippen LogP) is 3.69. The first-order valence-electron chi connectivity index (χ1n) is 8.66. The van der Waals surface area contributed by atoms with Crippen LogP contribution in [0.3, 0.4) is 0 Å². The summed E-state index contributed by atoms with van der Waals surface area (Å²) < 4.78 is 0. The first-order valence-corrected chi connectivity index (χ1v) is 9.48. The standard InChI is InChI=1S/C18H23N3OS/c1-11-12-7-3-4-8-13(12)14-15(19)16(23-17(14)20-11)18(22)21-9-5-2-6-10-21/h2-10,19H2,1H3. The van der Waals surface area contributed by atoms with Gasteiger partial charge >= 0.3 is 0 Å². The summed E-state index contributed by atoms with van der Waals surface area (Å²) in [5.41, 5.74) is 11.0. The molecule has 5 heteroatoms. The second-order valence-electron chi connectivity index (χ2n) is 6.74. The number of fused-ring (bicyclic) bond motifs is 3. The Morgan fingerprint density at radius 1 is 1.09 bits per heavy atom. The average molecular weight is 329 g/mol. The Hall–Kier alpha value is -1.62. The van der Waals surface area contributed by atoms with Gasteiger partial charge in [-0.3, -0.25) is 4.79 Å². The Kier molecular flexibility index (Phi) is 3.76. The highest BCUT2D eigenvalue weighted by atomic mass is 32.1. The summed E-state index contributed by atoms with van der Waals surface area (Å²) in [4.78, 5) is 21.2. The van der Waals surface area contributed by atoms with Crippen LogP contribution in [0.15, 0.2) is 0 Å². The number of thiophene rings is 1. The van der Waals surface area contributed by atoms with E-state index in [-0.39, 0.29) is 5.91 Å². The number of rotatable bonds is 1. The van der Waals surface area contributed by atoms with E-state index in [1.54, 1.807) is 0 Å². The number of piperidine rings is 1. The van der Waals surface area contributed by atoms with Crippen LogP contribution in [-0.4, -0.2) is 28.9 Å². The number of pyridine rings is 1. The highest BCUT2D eigenvalue weighted by Gasteiger charge is 2.27. The van der Waals surface area contributed by atoms with E-state index in [4.69, 9.17) is 10.7 Å². The lowest BCUT2D eigenvalue weighted by atomic mass is 9.89. The van der Waals surface area contributed by atoms with E-state index in [2.05, 4.69) is 6.92 Å². The molecule has 1 fully saturated rings. The van der Waals surface area contributed by atoms with Crippen LogP contribution in [-0.2, 0) is 12.8 Å². The molecule has 3 heterocycles. The third kappa shape index (κ3) is 2.42. The Morgan fingerprint density at radius 3 is 2.52 bits per heavy atom. The lowest BCUT2D eigenvalue weighted by Gasteiger charge is -2.26. The molecule has 1 aliphatic carbocycles. The van der Waals surface area contributed by atoms with Crippen LogP contribution in [0.2, 0.25) is 0 Å². The minimum absolute atomic E-state index is 0.104. The highest BCUT2D eigenvalue weighted by Crippen LogP contribution is 2.40. The molecule has 122 valence electrons.